The van der Waals surface area contributed by atoms with Crippen molar-refractivity contribution in [3.05, 3.63) is 0 Å². The van der Waals surface area contributed by atoms with Crippen LogP contribution in [0.1, 0.15) is 12.8 Å². The van der Waals surface area contributed by atoms with E-state index in [1.165, 1.54) is 0 Å². The van der Waals surface area contributed by atoms with Gasteiger partial charge in [0.25, 0.3) is 0 Å². The van der Waals surface area contributed by atoms with Gasteiger partial charge in [0.15, 0.2) is 0 Å². The van der Waals surface area contributed by atoms with Crippen LogP contribution in [0, 0.1) is 5.41 Å². The maximum absolute atomic E-state index is 11.4. The van der Waals surface area contributed by atoms with Crippen molar-refractivity contribution in [2.45, 2.75) is 19.0 Å². The Balaban J connectivity index is 3.17. The Hall–Kier alpha value is -0.780. The molecule has 72 valence electrons. The van der Waals surface area contributed by atoms with Crippen LogP contribution in [0.4, 0.5) is 13.2 Å². The van der Waals surface area contributed by atoms with Crippen LogP contribution in [-0.4, -0.2) is 25.2 Å². The molecule has 0 aliphatic heterocycles. The largest absolute Gasteiger partial charge is 0.411 e. The van der Waals surface area contributed by atoms with Crippen LogP contribution in [0.2, 0.25) is 0 Å². The van der Waals surface area contributed by atoms with Gasteiger partial charge in [-0.2, -0.15) is 13.2 Å². The van der Waals surface area contributed by atoms with E-state index in [9.17, 15) is 13.2 Å². The summed E-state index contributed by atoms with van der Waals surface area (Å²) in [6, 6.07) is 0. The van der Waals surface area contributed by atoms with E-state index in [0.29, 0.717) is 6.42 Å². The maximum Gasteiger partial charge on any atom is 0.411 e. The van der Waals surface area contributed by atoms with Crippen LogP contribution >= 0.6 is 0 Å². The zero-order valence-electron chi connectivity index (χ0n) is 6.45. The molecule has 0 atom stereocenters. The van der Waals surface area contributed by atoms with Crippen LogP contribution in [0.5, 0.6) is 0 Å². The second-order valence-corrected chi connectivity index (χ2v) is 2.30. The molecule has 0 fully saturated rings. The first kappa shape index (κ1) is 11.2. The van der Waals surface area contributed by atoms with Crippen molar-refractivity contribution in [1.29, 1.82) is 5.41 Å². The van der Waals surface area contributed by atoms with Gasteiger partial charge in [0, 0.05) is 13.0 Å². The van der Waals surface area contributed by atoms with E-state index >= 15 is 0 Å². The van der Waals surface area contributed by atoms with E-state index < -0.39 is 12.8 Å². The van der Waals surface area contributed by atoms with E-state index in [2.05, 4.69) is 4.74 Å². The van der Waals surface area contributed by atoms with E-state index in [0.717, 1.165) is 0 Å². The summed E-state index contributed by atoms with van der Waals surface area (Å²) in [6.07, 6.45) is -3.64. The van der Waals surface area contributed by atoms with E-state index in [1.807, 2.05) is 0 Å². The Morgan fingerprint density at radius 1 is 1.42 bits per heavy atom. The van der Waals surface area contributed by atoms with Gasteiger partial charge in [-0.15, -0.1) is 0 Å². The van der Waals surface area contributed by atoms with E-state index in [4.69, 9.17) is 11.1 Å². The van der Waals surface area contributed by atoms with Gasteiger partial charge in [-0.3, -0.25) is 5.41 Å². The number of ether oxygens (including phenoxy) is 1. The second kappa shape index (κ2) is 4.97. The zero-order valence-corrected chi connectivity index (χ0v) is 6.45. The summed E-state index contributed by atoms with van der Waals surface area (Å²) in [5.41, 5.74) is 4.97. The molecule has 0 aromatic carbocycles. The molecule has 0 amide bonds. The third kappa shape index (κ3) is 9.22. The molecule has 3 nitrogen and oxygen atoms in total. The first-order valence-corrected chi connectivity index (χ1v) is 3.39. The molecule has 6 heteroatoms. The van der Waals surface area contributed by atoms with Crippen LogP contribution < -0.4 is 5.73 Å². The third-order valence-corrected chi connectivity index (χ3v) is 1.00. The summed E-state index contributed by atoms with van der Waals surface area (Å²) < 4.78 is 38.6. The predicted molar refractivity (Wildman–Crippen MR) is 38.0 cm³/mol. The smallest absolute Gasteiger partial charge is 0.388 e. The molecule has 0 bridgehead atoms. The van der Waals surface area contributed by atoms with Gasteiger partial charge in [0.1, 0.15) is 6.61 Å². The van der Waals surface area contributed by atoms with Crippen molar-refractivity contribution in [3.63, 3.8) is 0 Å². The second-order valence-electron chi connectivity index (χ2n) is 2.30. The molecule has 0 aromatic heterocycles. The number of amidine groups is 1. The highest BCUT2D eigenvalue weighted by molar-refractivity contribution is 5.76. The Morgan fingerprint density at radius 2 is 2.00 bits per heavy atom. The zero-order chi connectivity index (χ0) is 9.61. The van der Waals surface area contributed by atoms with Crippen molar-refractivity contribution in [2.24, 2.45) is 5.73 Å². The molecule has 0 spiro atoms. The van der Waals surface area contributed by atoms with Gasteiger partial charge < -0.3 is 10.5 Å². The lowest BCUT2D eigenvalue weighted by atomic mass is 10.3. The number of hydrogen-bond donors (Lipinski definition) is 2. The highest BCUT2D eigenvalue weighted by Crippen LogP contribution is 2.14. The average Bonchev–Trinajstić information content (AvgIpc) is 1.83. The molecule has 0 radical (unpaired) electrons. The molecule has 0 aromatic rings. The van der Waals surface area contributed by atoms with Crippen molar-refractivity contribution >= 4 is 5.84 Å². The molecule has 0 aliphatic carbocycles. The fourth-order valence-electron chi connectivity index (χ4n) is 0.553. The predicted octanol–water partition coefficient (Wildman–Crippen LogP) is 1.28. The van der Waals surface area contributed by atoms with Gasteiger partial charge in [-0.1, -0.05) is 0 Å². The summed E-state index contributed by atoms with van der Waals surface area (Å²) in [5.74, 6) is -0.0365. The molecule has 0 heterocycles. The van der Waals surface area contributed by atoms with E-state index in [-0.39, 0.29) is 18.9 Å². The lowest BCUT2D eigenvalue weighted by Crippen LogP contribution is -2.18. The summed E-state index contributed by atoms with van der Waals surface area (Å²) in [7, 11) is 0. The minimum Gasteiger partial charge on any atom is -0.388 e. The average molecular weight is 184 g/mol. The number of hydrogen-bond acceptors (Lipinski definition) is 2. The molecular formula is C6H11F3N2O. The number of nitrogens with one attached hydrogen (secondary N) is 1. The lowest BCUT2D eigenvalue weighted by molar-refractivity contribution is -0.173. The minimum absolute atomic E-state index is 0.0148. The molecule has 3 N–H and O–H groups in total. The van der Waals surface area contributed by atoms with Crippen LogP contribution in [-0.2, 0) is 4.74 Å². The highest BCUT2D eigenvalue weighted by atomic mass is 19.4. The van der Waals surface area contributed by atoms with Crippen molar-refractivity contribution in [1.82, 2.24) is 0 Å². The SMILES string of the molecule is N=C(N)CCCOCC(F)(F)F. The van der Waals surface area contributed by atoms with Crippen LogP contribution in [0.3, 0.4) is 0 Å². The maximum atomic E-state index is 11.4. The quantitative estimate of drug-likeness (QED) is 0.384. The van der Waals surface area contributed by atoms with Gasteiger partial charge in [-0.25, -0.2) is 0 Å². The van der Waals surface area contributed by atoms with Crippen molar-refractivity contribution in [3.8, 4) is 0 Å². The summed E-state index contributed by atoms with van der Waals surface area (Å²) in [4.78, 5) is 0. The Kier molecular flexibility index (Phi) is 4.65. The van der Waals surface area contributed by atoms with Crippen LogP contribution in [0.25, 0.3) is 0 Å². The fraction of sp³-hybridized carbons (Fsp3) is 0.833. The Bertz CT molecular complexity index is 146. The monoisotopic (exact) mass is 184 g/mol. The Morgan fingerprint density at radius 3 is 2.42 bits per heavy atom. The molecule has 0 aliphatic rings. The van der Waals surface area contributed by atoms with Gasteiger partial charge in [0.05, 0.1) is 5.84 Å². The van der Waals surface area contributed by atoms with E-state index in [1.54, 1.807) is 0 Å². The van der Waals surface area contributed by atoms with Crippen LogP contribution in [0.15, 0.2) is 0 Å². The van der Waals surface area contributed by atoms with Crippen molar-refractivity contribution in [2.75, 3.05) is 13.2 Å². The first-order chi connectivity index (χ1) is 5.42. The minimum atomic E-state index is -4.27. The molecule has 12 heavy (non-hydrogen) atoms. The normalized spacial score (nSPS) is 11.6. The first-order valence-electron chi connectivity index (χ1n) is 3.39. The molecule has 0 saturated heterocycles. The standard InChI is InChI=1S/C6H11F3N2O/c7-6(8,9)4-12-3-1-2-5(10)11/h1-4H2,(H3,10,11). The number of nitrogens with two attached hydrogens (primary N) is 1. The molecule has 0 rings (SSSR count). The topological polar surface area (TPSA) is 59.1 Å². The number of alkyl halides is 3. The Labute approximate surface area is 68.2 Å². The summed E-state index contributed by atoms with van der Waals surface area (Å²) in [5, 5.41) is 6.75. The fourth-order valence-corrected chi connectivity index (χ4v) is 0.553. The van der Waals surface area contributed by atoms with Gasteiger partial charge >= 0.3 is 6.18 Å². The van der Waals surface area contributed by atoms with Gasteiger partial charge in [-0.05, 0) is 6.42 Å². The van der Waals surface area contributed by atoms with Gasteiger partial charge in [0.2, 0.25) is 0 Å². The molecular weight excluding hydrogens is 173 g/mol. The third-order valence-electron chi connectivity index (χ3n) is 1.00. The molecule has 0 saturated carbocycles. The summed E-state index contributed by atoms with van der Waals surface area (Å²) >= 11 is 0. The summed E-state index contributed by atoms with van der Waals surface area (Å²) in [6.45, 7) is -1.25. The van der Waals surface area contributed by atoms with Crippen molar-refractivity contribution < 1.29 is 17.9 Å². The molecule has 0 unspecified atom stereocenters. The lowest BCUT2D eigenvalue weighted by Gasteiger charge is -2.06. The number of halogens is 3. The highest BCUT2D eigenvalue weighted by Gasteiger charge is 2.27. The number of rotatable bonds is 5.